The van der Waals surface area contributed by atoms with Crippen molar-refractivity contribution in [2.24, 2.45) is 0 Å². The van der Waals surface area contributed by atoms with Crippen molar-refractivity contribution in [1.82, 2.24) is 19.2 Å². The number of pyridine rings is 1. The summed E-state index contributed by atoms with van der Waals surface area (Å²) in [6, 6.07) is 14.5. The van der Waals surface area contributed by atoms with Gasteiger partial charge in [-0.05, 0) is 43.0 Å². The van der Waals surface area contributed by atoms with Gasteiger partial charge in [0.25, 0.3) is 11.5 Å². The third-order valence-electron chi connectivity index (χ3n) is 7.77. The van der Waals surface area contributed by atoms with E-state index >= 15 is 0 Å². The second kappa shape index (κ2) is 10.6. The molecule has 1 amide bonds. The standard InChI is InChI=1S/C29H31N5O2S2/c1-20-8-7-13-33-25(20)30-26(32-16-14-31(15-17-32)19-21-9-3-2-4-10-21)23(27(33)35)18-24-28(36)34(29(37)38-24)22-11-5-6-12-22/h2-4,7-10,13,18,22H,5-6,11-12,14-17,19H2,1H3/b24-18+. The lowest BCUT2D eigenvalue weighted by Crippen LogP contribution is -2.47. The molecule has 3 aromatic rings. The first-order valence-electron chi connectivity index (χ1n) is 13.3. The van der Waals surface area contributed by atoms with Crippen LogP contribution in [0.5, 0.6) is 0 Å². The smallest absolute Gasteiger partial charge is 0.267 e. The summed E-state index contributed by atoms with van der Waals surface area (Å²) in [5.74, 6) is 0.564. The van der Waals surface area contributed by atoms with Gasteiger partial charge < -0.3 is 4.90 Å². The van der Waals surface area contributed by atoms with E-state index in [0.29, 0.717) is 26.3 Å². The second-order valence-electron chi connectivity index (χ2n) is 10.3. The molecule has 2 aromatic heterocycles. The van der Waals surface area contributed by atoms with Gasteiger partial charge in [-0.3, -0.25) is 23.8 Å². The molecule has 2 aliphatic heterocycles. The molecular formula is C29H31N5O2S2. The van der Waals surface area contributed by atoms with E-state index in [1.54, 1.807) is 21.6 Å². The second-order valence-corrected chi connectivity index (χ2v) is 12.0. The van der Waals surface area contributed by atoms with Crippen LogP contribution in [0.4, 0.5) is 5.82 Å². The Morgan fingerprint density at radius 1 is 1.03 bits per heavy atom. The van der Waals surface area contributed by atoms with Crippen molar-refractivity contribution in [3.8, 4) is 0 Å². The molecule has 0 bridgehead atoms. The molecule has 0 unspecified atom stereocenters. The van der Waals surface area contributed by atoms with Crippen LogP contribution in [0.15, 0.2) is 58.4 Å². The van der Waals surface area contributed by atoms with Crippen LogP contribution in [-0.4, -0.2) is 61.6 Å². The fourth-order valence-corrected chi connectivity index (χ4v) is 7.10. The van der Waals surface area contributed by atoms with Crippen LogP contribution in [0.3, 0.4) is 0 Å². The van der Waals surface area contributed by atoms with Crippen LogP contribution in [0.2, 0.25) is 0 Å². The molecule has 3 fully saturated rings. The molecule has 0 N–H and O–H groups in total. The highest BCUT2D eigenvalue weighted by molar-refractivity contribution is 8.26. The summed E-state index contributed by atoms with van der Waals surface area (Å²) in [6.07, 6.45) is 7.70. The molecule has 7 nitrogen and oxygen atoms in total. The Bertz CT molecular complexity index is 1470. The number of anilines is 1. The summed E-state index contributed by atoms with van der Waals surface area (Å²) in [5.41, 5.74) is 3.18. The van der Waals surface area contributed by atoms with Crippen LogP contribution in [0, 0.1) is 6.92 Å². The predicted molar refractivity (Wildman–Crippen MR) is 157 cm³/mol. The summed E-state index contributed by atoms with van der Waals surface area (Å²) in [4.78, 5) is 39.2. The molecule has 0 atom stereocenters. The Morgan fingerprint density at radius 3 is 2.50 bits per heavy atom. The summed E-state index contributed by atoms with van der Waals surface area (Å²) in [5, 5.41) is 0. The van der Waals surface area contributed by atoms with Crippen LogP contribution in [0.1, 0.15) is 42.4 Å². The lowest BCUT2D eigenvalue weighted by Gasteiger charge is -2.36. The van der Waals surface area contributed by atoms with E-state index in [-0.39, 0.29) is 17.5 Å². The third kappa shape index (κ3) is 4.79. The van der Waals surface area contributed by atoms with Gasteiger partial charge in [-0.2, -0.15) is 0 Å². The first-order valence-corrected chi connectivity index (χ1v) is 14.5. The zero-order valence-corrected chi connectivity index (χ0v) is 23.1. The van der Waals surface area contributed by atoms with Gasteiger partial charge in [0.1, 0.15) is 15.8 Å². The molecule has 0 spiro atoms. The lowest BCUT2D eigenvalue weighted by atomic mass is 10.1. The number of hydrogen-bond donors (Lipinski definition) is 0. The summed E-state index contributed by atoms with van der Waals surface area (Å²) < 4.78 is 2.18. The maximum Gasteiger partial charge on any atom is 0.267 e. The summed E-state index contributed by atoms with van der Waals surface area (Å²) >= 11 is 6.92. The van der Waals surface area contributed by atoms with Crippen LogP contribution >= 0.6 is 24.0 Å². The number of fused-ring (bicyclic) bond motifs is 1. The summed E-state index contributed by atoms with van der Waals surface area (Å²) in [7, 11) is 0. The average Bonchev–Trinajstić information content (AvgIpc) is 3.54. The fraction of sp³-hybridized carbons (Fsp3) is 0.379. The molecule has 4 heterocycles. The van der Waals surface area contributed by atoms with Gasteiger partial charge >= 0.3 is 0 Å². The number of piperazine rings is 1. The van der Waals surface area contributed by atoms with Crippen LogP contribution < -0.4 is 10.5 Å². The van der Waals surface area contributed by atoms with Gasteiger partial charge in [-0.1, -0.05) is 73.2 Å². The average molecular weight is 546 g/mol. The van der Waals surface area contributed by atoms with E-state index in [1.165, 1.54) is 17.3 Å². The number of thiocarbonyl (C=S) groups is 1. The Kier molecular flexibility index (Phi) is 7.07. The van der Waals surface area contributed by atoms with Crippen molar-refractivity contribution in [3.63, 3.8) is 0 Å². The van der Waals surface area contributed by atoms with Gasteiger partial charge in [0.2, 0.25) is 0 Å². The molecule has 3 aliphatic rings. The van der Waals surface area contributed by atoms with Crippen LogP contribution in [0.25, 0.3) is 11.7 Å². The quantitative estimate of drug-likeness (QED) is 0.346. The Labute approximate surface area is 232 Å². The number of aromatic nitrogens is 2. The van der Waals surface area contributed by atoms with Crippen molar-refractivity contribution in [2.45, 2.75) is 45.2 Å². The Hall–Kier alpha value is -3.01. The van der Waals surface area contributed by atoms with Crippen molar-refractivity contribution < 1.29 is 4.79 Å². The molecule has 9 heteroatoms. The third-order valence-corrected chi connectivity index (χ3v) is 9.10. The lowest BCUT2D eigenvalue weighted by molar-refractivity contribution is -0.123. The maximum absolute atomic E-state index is 13.8. The molecule has 196 valence electrons. The minimum Gasteiger partial charge on any atom is -0.353 e. The highest BCUT2D eigenvalue weighted by Gasteiger charge is 2.38. The largest absolute Gasteiger partial charge is 0.353 e. The molecule has 1 aromatic carbocycles. The maximum atomic E-state index is 13.8. The molecule has 38 heavy (non-hydrogen) atoms. The first-order chi connectivity index (χ1) is 18.5. The summed E-state index contributed by atoms with van der Waals surface area (Å²) in [6.45, 7) is 6.12. The van der Waals surface area contributed by atoms with E-state index in [2.05, 4.69) is 34.1 Å². The van der Waals surface area contributed by atoms with Crippen molar-refractivity contribution in [1.29, 1.82) is 0 Å². The SMILES string of the molecule is Cc1cccn2c(=O)c(/C=C3/SC(=S)N(C4CCCC4)C3=O)c(N3CCN(Cc4ccccc4)CC3)nc12. The molecule has 0 radical (unpaired) electrons. The molecule has 6 rings (SSSR count). The van der Waals surface area contributed by atoms with E-state index in [9.17, 15) is 9.59 Å². The van der Waals surface area contributed by atoms with E-state index in [4.69, 9.17) is 17.2 Å². The molecule has 1 aliphatic carbocycles. The Morgan fingerprint density at radius 2 is 1.76 bits per heavy atom. The molecule has 1 saturated carbocycles. The van der Waals surface area contributed by atoms with Crippen LogP contribution in [-0.2, 0) is 11.3 Å². The number of aryl methyl sites for hydroxylation is 1. The fourth-order valence-electron chi connectivity index (χ4n) is 5.72. The van der Waals surface area contributed by atoms with Gasteiger partial charge in [0.05, 0.1) is 10.5 Å². The normalized spacial score (nSPS) is 20.4. The number of hydrogen-bond acceptors (Lipinski definition) is 7. The minimum atomic E-state index is -0.161. The van der Waals surface area contributed by atoms with E-state index < -0.39 is 0 Å². The highest BCUT2D eigenvalue weighted by atomic mass is 32.2. The first kappa shape index (κ1) is 25.3. The number of carbonyl (C=O) groups excluding carboxylic acids is 1. The van der Waals surface area contributed by atoms with Gasteiger partial charge in [-0.15, -0.1) is 0 Å². The van der Waals surface area contributed by atoms with Crippen molar-refractivity contribution in [2.75, 3.05) is 31.1 Å². The molecular weight excluding hydrogens is 514 g/mol. The molecule has 2 saturated heterocycles. The number of amides is 1. The minimum absolute atomic E-state index is 0.0840. The van der Waals surface area contributed by atoms with Crippen molar-refractivity contribution in [3.05, 3.63) is 80.6 Å². The van der Waals surface area contributed by atoms with Gasteiger partial charge in [-0.25, -0.2) is 4.98 Å². The number of carbonyl (C=O) groups is 1. The number of thioether (sulfide) groups is 1. The topological polar surface area (TPSA) is 61.2 Å². The van der Waals surface area contributed by atoms with E-state index in [1.807, 2.05) is 25.1 Å². The number of rotatable bonds is 5. The van der Waals surface area contributed by atoms with Gasteiger partial charge in [0.15, 0.2) is 0 Å². The zero-order chi connectivity index (χ0) is 26.2. The highest BCUT2D eigenvalue weighted by Crippen LogP contribution is 2.38. The van der Waals surface area contributed by atoms with Gasteiger partial charge in [0, 0.05) is 45.0 Å². The predicted octanol–water partition coefficient (Wildman–Crippen LogP) is 4.47. The zero-order valence-electron chi connectivity index (χ0n) is 21.5. The van der Waals surface area contributed by atoms with Crippen molar-refractivity contribution >= 4 is 51.7 Å². The number of benzene rings is 1. The Balaban J connectivity index is 1.34. The van der Waals surface area contributed by atoms with E-state index in [0.717, 1.165) is 64.0 Å². The number of nitrogens with zero attached hydrogens (tertiary/aromatic N) is 5. The monoisotopic (exact) mass is 545 g/mol.